The predicted molar refractivity (Wildman–Crippen MR) is 135 cm³/mol. The molecule has 0 aliphatic heterocycles. The molecular formula is C27H31N5O2. The lowest BCUT2D eigenvalue weighted by Gasteiger charge is -2.11. The van der Waals surface area contributed by atoms with E-state index in [0.717, 1.165) is 53.6 Å². The van der Waals surface area contributed by atoms with Crippen LogP contribution >= 0.6 is 0 Å². The number of nitrogens with one attached hydrogen (secondary N) is 1. The Hall–Kier alpha value is -3.45. The molecule has 2 aromatic heterocycles. The highest BCUT2D eigenvalue weighted by Gasteiger charge is 2.43. The minimum atomic E-state index is 0.113. The number of nitrogens with two attached hydrogens (primary N) is 1. The fraction of sp³-hybridized carbons (Fsp3) is 0.370. The van der Waals surface area contributed by atoms with Gasteiger partial charge in [0.25, 0.3) is 0 Å². The summed E-state index contributed by atoms with van der Waals surface area (Å²) in [5.74, 6) is 2.06. The van der Waals surface area contributed by atoms with Crippen molar-refractivity contribution < 1.29 is 9.53 Å². The molecule has 0 spiro atoms. The van der Waals surface area contributed by atoms with E-state index in [4.69, 9.17) is 15.5 Å². The monoisotopic (exact) mass is 457 g/mol. The number of hydrogen-bond donors (Lipinski definition) is 2. The number of nitrogen functional groups attached to an aromatic ring is 1. The van der Waals surface area contributed by atoms with Crippen LogP contribution in [-0.4, -0.2) is 40.7 Å². The molecule has 7 nitrogen and oxygen atoms in total. The molecule has 0 bridgehead atoms. The zero-order valence-corrected chi connectivity index (χ0v) is 19.5. The van der Waals surface area contributed by atoms with Crippen molar-refractivity contribution in [3.8, 4) is 0 Å². The summed E-state index contributed by atoms with van der Waals surface area (Å²) < 4.78 is 7.56. The van der Waals surface area contributed by atoms with Gasteiger partial charge < -0.3 is 20.4 Å². The van der Waals surface area contributed by atoms with E-state index in [0.29, 0.717) is 31.3 Å². The molecule has 2 aromatic carbocycles. The van der Waals surface area contributed by atoms with Crippen LogP contribution in [0.3, 0.4) is 0 Å². The van der Waals surface area contributed by atoms with Crippen LogP contribution in [0.4, 0.5) is 5.82 Å². The first-order valence-electron chi connectivity index (χ1n) is 12.0. The number of ether oxygens (including phenoxy) is 1. The Morgan fingerprint density at radius 2 is 1.91 bits per heavy atom. The van der Waals surface area contributed by atoms with Gasteiger partial charge in [0.1, 0.15) is 11.3 Å². The second-order valence-corrected chi connectivity index (χ2v) is 8.99. The maximum Gasteiger partial charge on any atom is 0.223 e. The van der Waals surface area contributed by atoms with Gasteiger partial charge in [-0.05, 0) is 36.8 Å². The minimum absolute atomic E-state index is 0.113. The Balaban J connectivity index is 1.23. The van der Waals surface area contributed by atoms with Crippen molar-refractivity contribution in [3.05, 3.63) is 66.0 Å². The number of fused-ring (bicyclic) bond motifs is 3. The number of carbonyl (C=O) groups excluding carboxylic acids is 1. The van der Waals surface area contributed by atoms with E-state index in [9.17, 15) is 4.79 Å². The van der Waals surface area contributed by atoms with Crippen molar-refractivity contribution in [2.75, 3.05) is 26.0 Å². The largest absolute Gasteiger partial charge is 0.384 e. The van der Waals surface area contributed by atoms with Gasteiger partial charge >= 0.3 is 0 Å². The number of carbonyl (C=O) groups is 1. The molecule has 176 valence electrons. The average Bonchev–Trinajstić information content (AvgIpc) is 3.58. The second-order valence-electron chi connectivity index (χ2n) is 8.99. The average molecular weight is 458 g/mol. The van der Waals surface area contributed by atoms with Gasteiger partial charge in [-0.25, -0.2) is 9.97 Å². The van der Waals surface area contributed by atoms with Crippen LogP contribution in [0.1, 0.15) is 36.6 Å². The quantitative estimate of drug-likeness (QED) is 0.350. The Morgan fingerprint density at radius 1 is 1.12 bits per heavy atom. The van der Waals surface area contributed by atoms with Crippen molar-refractivity contribution in [1.82, 2.24) is 19.9 Å². The predicted octanol–water partition coefficient (Wildman–Crippen LogP) is 4.06. The normalized spacial score (nSPS) is 17.3. The van der Waals surface area contributed by atoms with E-state index in [-0.39, 0.29) is 11.8 Å². The first kappa shape index (κ1) is 22.3. The number of rotatable bonds is 10. The third kappa shape index (κ3) is 4.48. The number of pyridine rings is 1. The Kier molecular flexibility index (Phi) is 6.45. The van der Waals surface area contributed by atoms with E-state index in [1.807, 2.05) is 36.4 Å². The molecule has 0 radical (unpaired) electrons. The number of methoxy groups -OCH3 is 1. The Labute approximate surface area is 199 Å². The van der Waals surface area contributed by atoms with E-state index in [1.165, 1.54) is 5.56 Å². The molecule has 1 aliphatic rings. The molecule has 1 aliphatic carbocycles. The summed E-state index contributed by atoms with van der Waals surface area (Å²) >= 11 is 0. The lowest BCUT2D eigenvalue weighted by atomic mass is 10.1. The SMILES string of the molecule is COCCc1nc2c(N)nc3ccccc3c2n1CCCCNC(=O)C1C[C@H]1c1ccccc1. The molecule has 0 saturated heterocycles. The topological polar surface area (TPSA) is 95.1 Å². The molecule has 3 N–H and O–H groups in total. The van der Waals surface area contributed by atoms with Gasteiger partial charge in [-0.3, -0.25) is 4.79 Å². The van der Waals surface area contributed by atoms with Gasteiger partial charge in [0.05, 0.1) is 17.6 Å². The summed E-state index contributed by atoms with van der Waals surface area (Å²) in [6, 6.07) is 18.3. The fourth-order valence-electron chi connectivity index (χ4n) is 4.82. The van der Waals surface area contributed by atoms with Crippen molar-refractivity contribution in [2.24, 2.45) is 5.92 Å². The van der Waals surface area contributed by atoms with Gasteiger partial charge in [0.2, 0.25) is 5.91 Å². The zero-order chi connectivity index (χ0) is 23.5. The number of unbranched alkanes of at least 4 members (excludes halogenated alkanes) is 1. The molecule has 1 fully saturated rings. The third-order valence-electron chi connectivity index (χ3n) is 6.68. The highest BCUT2D eigenvalue weighted by Crippen LogP contribution is 2.47. The van der Waals surface area contributed by atoms with Gasteiger partial charge in [0.15, 0.2) is 5.82 Å². The first-order valence-corrected chi connectivity index (χ1v) is 12.0. The smallest absolute Gasteiger partial charge is 0.223 e. The van der Waals surface area contributed by atoms with E-state index < -0.39 is 0 Å². The van der Waals surface area contributed by atoms with Crippen LogP contribution in [0.25, 0.3) is 21.9 Å². The molecule has 7 heteroatoms. The molecule has 2 heterocycles. The summed E-state index contributed by atoms with van der Waals surface area (Å²) in [6.07, 6.45) is 3.48. The van der Waals surface area contributed by atoms with Crippen LogP contribution in [-0.2, 0) is 22.5 Å². The van der Waals surface area contributed by atoms with Crippen molar-refractivity contribution in [1.29, 1.82) is 0 Å². The molecule has 2 atom stereocenters. The standard InChI is InChI=1S/C27H31N5O2/c1-34-16-13-23-31-24-25(19-11-5-6-12-22(19)30-26(24)28)32(23)15-8-7-14-29-27(33)21-17-20(21)18-9-3-2-4-10-18/h2-6,9-12,20-21H,7-8,13-17H2,1H3,(H2,28,30)(H,29,33)/t20-,21?/m0/s1. The Bertz CT molecular complexity index is 1300. The number of anilines is 1. The molecule has 1 saturated carbocycles. The molecule has 1 amide bonds. The fourth-order valence-corrected chi connectivity index (χ4v) is 4.82. The maximum absolute atomic E-state index is 12.6. The van der Waals surface area contributed by atoms with Crippen molar-refractivity contribution >= 4 is 33.7 Å². The molecule has 5 rings (SSSR count). The number of aromatic nitrogens is 3. The summed E-state index contributed by atoms with van der Waals surface area (Å²) in [7, 11) is 1.70. The summed E-state index contributed by atoms with van der Waals surface area (Å²) in [6.45, 7) is 2.07. The minimum Gasteiger partial charge on any atom is -0.384 e. The first-order chi connectivity index (χ1) is 16.7. The van der Waals surface area contributed by atoms with Crippen LogP contribution in [0.15, 0.2) is 54.6 Å². The number of nitrogens with zero attached hydrogens (tertiary/aromatic N) is 3. The summed E-state index contributed by atoms with van der Waals surface area (Å²) in [4.78, 5) is 21.9. The molecular weight excluding hydrogens is 426 g/mol. The summed E-state index contributed by atoms with van der Waals surface area (Å²) in [5, 5.41) is 4.19. The molecule has 34 heavy (non-hydrogen) atoms. The number of para-hydroxylation sites is 1. The Morgan fingerprint density at radius 3 is 2.74 bits per heavy atom. The lowest BCUT2D eigenvalue weighted by Crippen LogP contribution is -2.26. The lowest BCUT2D eigenvalue weighted by molar-refractivity contribution is -0.122. The highest BCUT2D eigenvalue weighted by molar-refractivity contribution is 6.06. The zero-order valence-electron chi connectivity index (χ0n) is 19.5. The van der Waals surface area contributed by atoms with Crippen LogP contribution in [0.2, 0.25) is 0 Å². The maximum atomic E-state index is 12.6. The van der Waals surface area contributed by atoms with E-state index in [2.05, 4.69) is 33.1 Å². The van der Waals surface area contributed by atoms with Gasteiger partial charge in [-0.1, -0.05) is 48.5 Å². The second kappa shape index (κ2) is 9.81. The third-order valence-corrected chi connectivity index (χ3v) is 6.68. The number of benzene rings is 2. The van der Waals surface area contributed by atoms with E-state index >= 15 is 0 Å². The van der Waals surface area contributed by atoms with Crippen LogP contribution in [0.5, 0.6) is 0 Å². The van der Waals surface area contributed by atoms with Gasteiger partial charge in [-0.2, -0.15) is 0 Å². The number of amides is 1. The van der Waals surface area contributed by atoms with Crippen molar-refractivity contribution in [3.63, 3.8) is 0 Å². The number of hydrogen-bond acceptors (Lipinski definition) is 5. The molecule has 4 aromatic rings. The van der Waals surface area contributed by atoms with Gasteiger partial charge in [-0.15, -0.1) is 0 Å². The number of imidazole rings is 1. The van der Waals surface area contributed by atoms with Gasteiger partial charge in [0, 0.05) is 37.9 Å². The van der Waals surface area contributed by atoms with Crippen molar-refractivity contribution in [2.45, 2.75) is 38.1 Å². The van der Waals surface area contributed by atoms with Crippen LogP contribution < -0.4 is 11.1 Å². The van der Waals surface area contributed by atoms with Crippen LogP contribution in [0, 0.1) is 5.92 Å². The summed E-state index contributed by atoms with van der Waals surface area (Å²) in [5.41, 5.74) is 10.2. The number of aryl methyl sites for hydroxylation is 1. The highest BCUT2D eigenvalue weighted by atomic mass is 16.5. The van der Waals surface area contributed by atoms with E-state index in [1.54, 1.807) is 7.11 Å². The molecule has 1 unspecified atom stereocenters.